The molecule has 0 saturated heterocycles. The molecule has 0 aliphatic heterocycles. The minimum Gasteiger partial charge on any atom is -0.464 e. The molecule has 14 heavy (non-hydrogen) atoms. The van der Waals surface area contributed by atoms with Crippen molar-refractivity contribution in [2.45, 2.75) is 19.9 Å². The third-order valence-corrected chi connectivity index (χ3v) is 2.39. The number of hydrazine groups is 1. The van der Waals surface area contributed by atoms with Crippen molar-refractivity contribution < 1.29 is 9.90 Å². The number of hydrogen-bond donors (Lipinski definition) is 2. The van der Waals surface area contributed by atoms with Crippen molar-refractivity contribution in [3.8, 4) is 0 Å². The van der Waals surface area contributed by atoms with Crippen LogP contribution in [-0.2, 0) is 6.54 Å². The predicted octanol–water partition coefficient (Wildman–Crippen LogP) is 1.54. The van der Waals surface area contributed by atoms with Gasteiger partial charge in [0.15, 0.2) is 0 Å². The molecular weight excluding hydrogens is 202 g/mol. The average molecular weight is 215 g/mol. The van der Waals surface area contributed by atoms with Crippen LogP contribution in [0.2, 0.25) is 0 Å². The second kappa shape index (κ2) is 5.56. The Morgan fingerprint density at radius 2 is 2.57 bits per heavy atom. The first-order valence-corrected chi connectivity index (χ1v) is 5.23. The third kappa shape index (κ3) is 3.31. The van der Waals surface area contributed by atoms with Crippen LogP contribution in [0.1, 0.15) is 18.2 Å². The van der Waals surface area contributed by atoms with Gasteiger partial charge in [-0.3, -0.25) is 4.98 Å². The molecule has 0 atom stereocenters. The topological polar surface area (TPSA) is 65.5 Å². The standard InChI is InChI=1S/C8H13N3O2S/c1-2-3-11(8(12)13)10-5-7-4-9-6-14-7/h4,6,10H,2-3,5H2,1H3,(H,12,13). The number of aromatic nitrogens is 1. The van der Waals surface area contributed by atoms with E-state index in [4.69, 9.17) is 5.11 Å². The van der Waals surface area contributed by atoms with Gasteiger partial charge in [-0.1, -0.05) is 6.92 Å². The van der Waals surface area contributed by atoms with Gasteiger partial charge in [-0.15, -0.1) is 11.3 Å². The number of nitrogens with one attached hydrogen (secondary N) is 1. The Labute approximate surface area is 86.4 Å². The molecular formula is C8H13N3O2S. The monoisotopic (exact) mass is 215 g/mol. The molecule has 0 aromatic carbocycles. The molecule has 1 amide bonds. The van der Waals surface area contributed by atoms with Crippen molar-refractivity contribution in [2.24, 2.45) is 0 Å². The predicted molar refractivity (Wildman–Crippen MR) is 54.0 cm³/mol. The van der Waals surface area contributed by atoms with Gasteiger partial charge < -0.3 is 5.11 Å². The van der Waals surface area contributed by atoms with Crippen molar-refractivity contribution in [3.05, 3.63) is 16.6 Å². The summed E-state index contributed by atoms with van der Waals surface area (Å²) in [5.41, 5.74) is 4.55. The lowest BCUT2D eigenvalue weighted by Gasteiger charge is -2.18. The number of amides is 1. The third-order valence-electron chi connectivity index (χ3n) is 1.61. The lowest BCUT2D eigenvalue weighted by molar-refractivity contribution is 0.119. The van der Waals surface area contributed by atoms with Crippen LogP contribution >= 0.6 is 11.3 Å². The number of hydrogen-bond acceptors (Lipinski definition) is 4. The molecule has 1 aromatic heterocycles. The number of thiazole rings is 1. The minimum atomic E-state index is -0.948. The zero-order chi connectivity index (χ0) is 10.4. The molecule has 0 unspecified atom stereocenters. The van der Waals surface area contributed by atoms with E-state index < -0.39 is 6.09 Å². The van der Waals surface area contributed by atoms with Gasteiger partial charge in [0, 0.05) is 17.6 Å². The van der Waals surface area contributed by atoms with Crippen LogP contribution in [0.4, 0.5) is 4.79 Å². The lowest BCUT2D eigenvalue weighted by Crippen LogP contribution is -2.41. The summed E-state index contributed by atoms with van der Waals surface area (Å²) in [4.78, 5) is 15.6. The molecule has 2 N–H and O–H groups in total. The van der Waals surface area contributed by atoms with E-state index in [0.717, 1.165) is 11.3 Å². The molecule has 0 saturated carbocycles. The summed E-state index contributed by atoms with van der Waals surface area (Å²) in [6, 6.07) is 0. The Morgan fingerprint density at radius 1 is 1.79 bits per heavy atom. The Hall–Kier alpha value is -1.14. The molecule has 0 fully saturated rings. The van der Waals surface area contributed by atoms with Gasteiger partial charge in [0.25, 0.3) is 0 Å². The smallest absolute Gasteiger partial charge is 0.421 e. The van der Waals surface area contributed by atoms with Gasteiger partial charge in [-0.2, -0.15) is 0 Å². The van der Waals surface area contributed by atoms with Crippen LogP contribution in [0, 0.1) is 0 Å². The maximum atomic E-state index is 10.7. The molecule has 1 heterocycles. The fraction of sp³-hybridized carbons (Fsp3) is 0.500. The number of carbonyl (C=O) groups is 1. The zero-order valence-electron chi connectivity index (χ0n) is 7.93. The first kappa shape index (κ1) is 10.9. The highest BCUT2D eigenvalue weighted by atomic mass is 32.1. The van der Waals surface area contributed by atoms with E-state index >= 15 is 0 Å². The molecule has 0 aliphatic carbocycles. The number of rotatable bonds is 5. The molecule has 5 nitrogen and oxygen atoms in total. The van der Waals surface area contributed by atoms with Crippen molar-refractivity contribution >= 4 is 17.4 Å². The summed E-state index contributed by atoms with van der Waals surface area (Å²) < 4.78 is 0. The van der Waals surface area contributed by atoms with Crippen molar-refractivity contribution in [2.75, 3.05) is 6.54 Å². The van der Waals surface area contributed by atoms with Gasteiger partial charge in [0.2, 0.25) is 0 Å². The largest absolute Gasteiger partial charge is 0.464 e. The summed E-state index contributed by atoms with van der Waals surface area (Å²) >= 11 is 1.50. The number of nitrogens with zero attached hydrogens (tertiary/aromatic N) is 2. The van der Waals surface area contributed by atoms with E-state index in [1.165, 1.54) is 16.3 Å². The summed E-state index contributed by atoms with van der Waals surface area (Å²) in [7, 11) is 0. The molecule has 0 radical (unpaired) electrons. The normalized spacial score (nSPS) is 10.1. The van der Waals surface area contributed by atoms with E-state index in [1.54, 1.807) is 11.7 Å². The first-order valence-electron chi connectivity index (χ1n) is 4.35. The molecule has 6 heteroatoms. The lowest BCUT2D eigenvalue weighted by atomic mass is 10.5. The highest BCUT2D eigenvalue weighted by Crippen LogP contribution is 2.04. The van der Waals surface area contributed by atoms with Gasteiger partial charge >= 0.3 is 6.09 Å². The van der Waals surface area contributed by atoms with E-state index in [2.05, 4.69) is 10.4 Å². The maximum absolute atomic E-state index is 10.7. The highest BCUT2D eigenvalue weighted by Gasteiger charge is 2.09. The van der Waals surface area contributed by atoms with Crippen LogP contribution in [0.15, 0.2) is 11.7 Å². The fourth-order valence-electron chi connectivity index (χ4n) is 0.969. The summed E-state index contributed by atoms with van der Waals surface area (Å²) in [5, 5.41) is 9.98. The van der Waals surface area contributed by atoms with E-state index in [-0.39, 0.29) is 0 Å². The second-order valence-corrected chi connectivity index (χ2v) is 3.71. The van der Waals surface area contributed by atoms with Crippen molar-refractivity contribution in [1.29, 1.82) is 0 Å². The maximum Gasteiger partial charge on any atom is 0.421 e. The van der Waals surface area contributed by atoms with Crippen molar-refractivity contribution in [3.63, 3.8) is 0 Å². The summed E-state index contributed by atoms with van der Waals surface area (Å²) in [6.45, 7) is 2.94. The Morgan fingerprint density at radius 3 is 3.07 bits per heavy atom. The SMILES string of the molecule is CCCN(NCc1cncs1)C(=O)O. The van der Waals surface area contributed by atoms with Gasteiger partial charge in [0.05, 0.1) is 12.1 Å². The van der Waals surface area contributed by atoms with Crippen molar-refractivity contribution in [1.82, 2.24) is 15.4 Å². The Kier molecular flexibility index (Phi) is 4.34. The molecule has 1 rings (SSSR count). The quantitative estimate of drug-likeness (QED) is 0.731. The molecule has 1 aromatic rings. The summed E-state index contributed by atoms with van der Waals surface area (Å²) in [5.74, 6) is 0. The average Bonchev–Trinajstić information content (AvgIpc) is 2.64. The Balaban J connectivity index is 2.37. The molecule has 0 spiro atoms. The molecule has 78 valence electrons. The van der Waals surface area contributed by atoms with E-state index in [9.17, 15) is 4.79 Å². The van der Waals surface area contributed by atoms with Crippen LogP contribution in [0.5, 0.6) is 0 Å². The minimum absolute atomic E-state index is 0.494. The highest BCUT2D eigenvalue weighted by molar-refractivity contribution is 7.09. The zero-order valence-corrected chi connectivity index (χ0v) is 8.75. The van der Waals surface area contributed by atoms with Crippen LogP contribution in [-0.4, -0.2) is 27.7 Å². The fourth-order valence-corrected chi connectivity index (χ4v) is 1.50. The number of carboxylic acid groups (broad SMARTS) is 1. The van der Waals surface area contributed by atoms with Crippen LogP contribution in [0.25, 0.3) is 0 Å². The van der Waals surface area contributed by atoms with Gasteiger partial charge in [-0.25, -0.2) is 15.2 Å². The molecule has 0 bridgehead atoms. The first-order chi connectivity index (χ1) is 6.74. The summed E-state index contributed by atoms with van der Waals surface area (Å²) in [6.07, 6.45) is 1.57. The van der Waals surface area contributed by atoms with Gasteiger partial charge in [-0.05, 0) is 6.42 Å². The Bertz CT molecular complexity index is 276. The molecule has 0 aliphatic rings. The van der Waals surface area contributed by atoms with Crippen LogP contribution < -0.4 is 5.43 Å². The van der Waals surface area contributed by atoms with E-state index in [0.29, 0.717) is 13.1 Å². The van der Waals surface area contributed by atoms with Gasteiger partial charge in [0.1, 0.15) is 0 Å². The van der Waals surface area contributed by atoms with E-state index in [1.807, 2.05) is 6.92 Å². The van der Waals surface area contributed by atoms with Crippen LogP contribution in [0.3, 0.4) is 0 Å². The second-order valence-electron chi connectivity index (χ2n) is 2.74.